The number of nitrogens with zero attached hydrogens (tertiary/aromatic N) is 5. The van der Waals surface area contributed by atoms with E-state index in [1.54, 1.807) is 0 Å². The zero-order valence-corrected chi connectivity index (χ0v) is 18.7. The van der Waals surface area contributed by atoms with Gasteiger partial charge in [-0.1, -0.05) is 13.8 Å². The Balaban J connectivity index is 1.57. The van der Waals surface area contributed by atoms with Crippen LogP contribution in [0, 0.1) is 12.8 Å². The molecular weight excluding hydrogens is 378 g/mol. The minimum absolute atomic E-state index is 0.0598. The average Bonchev–Trinajstić information content (AvgIpc) is 3.39. The molecular formula is C23H35N5O2. The van der Waals surface area contributed by atoms with E-state index in [1.165, 1.54) is 0 Å². The number of rotatable bonds is 6. The normalized spacial score (nSPS) is 22.3. The molecule has 0 unspecified atom stereocenters. The summed E-state index contributed by atoms with van der Waals surface area (Å²) in [6.07, 6.45) is 6.46. The third kappa shape index (κ3) is 4.36. The molecule has 2 amide bonds. The lowest BCUT2D eigenvalue weighted by atomic mass is 10.0. The summed E-state index contributed by atoms with van der Waals surface area (Å²) >= 11 is 0. The van der Waals surface area contributed by atoms with Crippen LogP contribution in [0.2, 0.25) is 0 Å². The maximum absolute atomic E-state index is 12.7. The standard InChI is InChI=1S/C23H35N5O2/c1-16(2)10-14-28-20(29)9-8-18-17(3)24-22(25-23(18)28)19-7-6-13-27(19)15-21(30)26-11-4-5-12-26/h16,19H,4-15H2,1-3H3/t19-/m0/s1. The van der Waals surface area contributed by atoms with Crippen LogP contribution in [0.4, 0.5) is 5.82 Å². The molecule has 4 rings (SSSR count). The van der Waals surface area contributed by atoms with Crippen molar-refractivity contribution in [2.45, 2.75) is 71.8 Å². The Morgan fingerprint density at radius 3 is 2.60 bits per heavy atom. The van der Waals surface area contributed by atoms with E-state index in [0.29, 0.717) is 25.4 Å². The van der Waals surface area contributed by atoms with Gasteiger partial charge in [-0.2, -0.15) is 0 Å². The van der Waals surface area contributed by atoms with Crippen molar-refractivity contribution in [3.05, 3.63) is 17.1 Å². The van der Waals surface area contributed by atoms with Gasteiger partial charge < -0.3 is 4.90 Å². The van der Waals surface area contributed by atoms with Crippen LogP contribution in [0.1, 0.15) is 75.5 Å². The van der Waals surface area contributed by atoms with Gasteiger partial charge in [-0.25, -0.2) is 9.97 Å². The zero-order chi connectivity index (χ0) is 21.3. The Hall–Kier alpha value is -2.02. The fraction of sp³-hybridized carbons (Fsp3) is 0.739. The third-order valence-electron chi connectivity index (χ3n) is 6.74. The summed E-state index contributed by atoms with van der Waals surface area (Å²) in [6.45, 7) is 10.2. The fourth-order valence-corrected chi connectivity index (χ4v) is 4.92. The molecule has 30 heavy (non-hydrogen) atoms. The quantitative estimate of drug-likeness (QED) is 0.717. The predicted octanol–water partition coefficient (Wildman–Crippen LogP) is 2.87. The van der Waals surface area contributed by atoms with Crippen molar-refractivity contribution in [2.24, 2.45) is 5.92 Å². The summed E-state index contributed by atoms with van der Waals surface area (Å²) in [5.74, 6) is 2.52. The lowest BCUT2D eigenvalue weighted by Crippen LogP contribution is -2.40. The second kappa shape index (κ2) is 9.00. The van der Waals surface area contributed by atoms with Crippen LogP contribution in [0.5, 0.6) is 0 Å². The molecule has 0 N–H and O–H groups in total. The first-order valence-corrected chi connectivity index (χ1v) is 11.6. The molecule has 2 fully saturated rings. The van der Waals surface area contributed by atoms with E-state index in [9.17, 15) is 9.59 Å². The Kier molecular flexibility index (Phi) is 6.37. The second-order valence-electron chi connectivity index (χ2n) is 9.41. The molecule has 0 spiro atoms. The molecule has 3 aliphatic rings. The molecule has 3 aliphatic heterocycles. The van der Waals surface area contributed by atoms with E-state index in [2.05, 4.69) is 18.7 Å². The van der Waals surface area contributed by atoms with Gasteiger partial charge in [-0.05, 0) is 57.9 Å². The summed E-state index contributed by atoms with van der Waals surface area (Å²) in [7, 11) is 0. The molecule has 4 heterocycles. The second-order valence-corrected chi connectivity index (χ2v) is 9.41. The van der Waals surface area contributed by atoms with Crippen LogP contribution in [0.25, 0.3) is 0 Å². The largest absolute Gasteiger partial charge is 0.342 e. The van der Waals surface area contributed by atoms with Crippen LogP contribution in [-0.4, -0.2) is 64.3 Å². The average molecular weight is 414 g/mol. The number of amides is 2. The van der Waals surface area contributed by atoms with Crippen LogP contribution in [0.15, 0.2) is 0 Å². The number of carbonyl (C=O) groups is 2. The number of hydrogen-bond donors (Lipinski definition) is 0. The molecule has 2 saturated heterocycles. The number of anilines is 1. The van der Waals surface area contributed by atoms with Gasteiger partial charge in [-0.3, -0.25) is 19.4 Å². The Morgan fingerprint density at radius 2 is 1.87 bits per heavy atom. The highest BCUT2D eigenvalue weighted by molar-refractivity contribution is 5.95. The molecule has 1 atom stereocenters. The Morgan fingerprint density at radius 1 is 1.10 bits per heavy atom. The maximum atomic E-state index is 12.7. The monoisotopic (exact) mass is 413 g/mol. The van der Waals surface area contributed by atoms with Gasteiger partial charge in [-0.15, -0.1) is 0 Å². The Bertz CT molecular complexity index is 803. The maximum Gasteiger partial charge on any atom is 0.236 e. The highest BCUT2D eigenvalue weighted by Gasteiger charge is 2.34. The first-order chi connectivity index (χ1) is 14.4. The summed E-state index contributed by atoms with van der Waals surface area (Å²) in [5, 5.41) is 0. The van der Waals surface area contributed by atoms with Crippen LogP contribution in [0.3, 0.4) is 0 Å². The third-order valence-corrected chi connectivity index (χ3v) is 6.74. The first kappa shape index (κ1) is 21.2. The van der Waals surface area contributed by atoms with Gasteiger partial charge in [0.25, 0.3) is 0 Å². The summed E-state index contributed by atoms with van der Waals surface area (Å²) in [4.78, 5) is 41.3. The van der Waals surface area contributed by atoms with E-state index in [-0.39, 0.29) is 17.9 Å². The van der Waals surface area contributed by atoms with Gasteiger partial charge in [0, 0.05) is 37.3 Å². The molecule has 7 nitrogen and oxygen atoms in total. The number of carbonyl (C=O) groups excluding carboxylic acids is 2. The van der Waals surface area contributed by atoms with Crippen molar-refractivity contribution in [3.8, 4) is 0 Å². The van der Waals surface area contributed by atoms with Crippen molar-refractivity contribution >= 4 is 17.6 Å². The molecule has 0 aliphatic carbocycles. The summed E-state index contributed by atoms with van der Waals surface area (Å²) < 4.78 is 0. The van der Waals surface area contributed by atoms with Crippen molar-refractivity contribution in [1.82, 2.24) is 19.8 Å². The molecule has 7 heteroatoms. The number of fused-ring (bicyclic) bond motifs is 1. The smallest absolute Gasteiger partial charge is 0.236 e. The molecule has 164 valence electrons. The van der Waals surface area contributed by atoms with Crippen LogP contribution in [-0.2, 0) is 16.0 Å². The van der Waals surface area contributed by atoms with Crippen molar-refractivity contribution in [2.75, 3.05) is 37.6 Å². The highest BCUT2D eigenvalue weighted by atomic mass is 16.2. The minimum atomic E-state index is 0.0598. The van der Waals surface area contributed by atoms with Gasteiger partial charge in [0.15, 0.2) is 0 Å². The molecule has 1 aromatic heterocycles. The molecule has 0 aromatic carbocycles. The topological polar surface area (TPSA) is 69.6 Å². The zero-order valence-electron chi connectivity index (χ0n) is 18.7. The van der Waals surface area contributed by atoms with Crippen molar-refractivity contribution < 1.29 is 9.59 Å². The number of likely N-dealkylation sites (tertiary alicyclic amines) is 2. The predicted molar refractivity (Wildman–Crippen MR) is 116 cm³/mol. The van der Waals surface area contributed by atoms with E-state index in [4.69, 9.17) is 9.97 Å². The van der Waals surface area contributed by atoms with E-state index >= 15 is 0 Å². The van der Waals surface area contributed by atoms with Gasteiger partial charge in [0.1, 0.15) is 11.6 Å². The molecule has 0 bridgehead atoms. The van der Waals surface area contributed by atoms with Gasteiger partial charge in [0.05, 0.1) is 12.6 Å². The van der Waals surface area contributed by atoms with Crippen LogP contribution < -0.4 is 4.90 Å². The summed E-state index contributed by atoms with van der Waals surface area (Å²) in [6, 6.07) is 0.0598. The molecule has 0 saturated carbocycles. The van der Waals surface area contributed by atoms with Crippen LogP contribution >= 0.6 is 0 Å². The molecule has 0 radical (unpaired) electrons. The minimum Gasteiger partial charge on any atom is -0.342 e. The lowest BCUT2D eigenvalue weighted by molar-refractivity contribution is -0.131. The number of hydrogen-bond acceptors (Lipinski definition) is 5. The van der Waals surface area contributed by atoms with Crippen molar-refractivity contribution in [1.29, 1.82) is 0 Å². The van der Waals surface area contributed by atoms with Gasteiger partial charge in [0.2, 0.25) is 11.8 Å². The first-order valence-electron chi connectivity index (χ1n) is 11.6. The highest BCUT2D eigenvalue weighted by Crippen LogP contribution is 2.34. The fourth-order valence-electron chi connectivity index (χ4n) is 4.92. The Labute approximate surface area is 179 Å². The number of aryl methyl sites for hydroxylation is 1. The lowest BCUT2D eigenvalue weighted by Gasteiger charge is -2.31. The van der Waals surface area contributed by atoms with E-state index in [1.807, 2.05) is 16.7 Å². The summed E-state index contributed by atoms with van der Waals surface area (Å²) in [5.41, 5.74) is 2.09. The van der Waals surface area contributed by atoms with Gasteiger partial charge >= 0.3 is 0 Å². The SMILES string of the molecule is Cc1nc([C@@H]2CCCN2CC(=O)N2CCCC2)nc2c1CCC(=O)N2CCC(C)C. The van der Waals surface area contributed by atoms with E-state index < -0.39 is 0 Å². The number of aromatic nitrogens is 2. The molecule has 1 aromatic rings. The van der Waals surface area contributed by atoms with Crippen molar-refractivity contribution in [3.63, 3.8) is 0 Å². The van der Waals surface area contributed by atoms with E-state index in [0.717, 1.165) is 81.1 Å².